The van der Waals surface area contributed by atoms with Crippen LogP contribution in [0.15, 0.2) is 29.2 Å². The van der Waals surface area contributed by atoms with Crippen LogP contribution >= 0.6 is 0 Å². The molecule has 0 aliphatic heterocycles. The fraction of sp³-hybridized carbons (Fsp3) is 0.400. The van der Waals surface area contributed by atoms with Crippen molar-refractivity contribution in [1.82, 2.24) is 4.72 Å². The maximum absolute atomic E-state index is 11.9. The molecule has 1 aromatic rings. The quantitative estimate of drug-likeness (QED) is 0.881. The molecule has 2 N–H and O–H groups in total. The van der Waals surface area contributed by atoms with Gasteiger partial charge in [-0.05, 0) is 24.6 Å². The molecule has 4 nitrogen and oxygen atoms in total. The molecule has 0 saturated carbocycles. The molecule has 0 fully saturated rings. The van der Waals surface area contributed by atoms with Crippen LogP contribution in [0.5, 0.6) is 0 Å². The second-order valence-electron chi connectivity index (χ2n) is 3.69. The molecule has 8 heteroatoms. The lowest BCUT2D eigenvalue weighted by atomic mass is 10.1. The van der Waals surface area contributed by atoms with E-state index >= 15 is 0 Å². The van der Waals surface area contributed by atoms with E-state index in [2.05, 4.69) is 0 Å². The number of halogens is 3. The van der Waals surface area contributed by atoms with E-state index in [1.54, 1.807) is 0 Å². The third-order valence-corrected chi connectivity index (χ3v) is 3.51. The van der Waals surface area contributed by atoms with Crippen LogP contribution in [0.1, 0.15) is 18.6 Å². The van der Waals surface area contributed by atoms with E-state index in [1.807, 2.05) is 0 Å². The molecule has 0 aliphatic rings. The largest absolute Gasteiger partial charge is 0.402 e. The Labute approximate surface area is 102 Å². The average Bonchev–Trinajstić information content (AvgIpc) is 2.26. The van der Waals surface area contributed by atoms with Gasteiger partial charge in [-0.25, -0.2) is 13.1 Å². The first kappa shape index (κ1) is 14.9. The summed E-state index contributed by atoms with van der Waals surface area (Å²) in [7, 11) is -4.23. The SMILES string of the molecule is CC(O)c1cccc(S(=O)(=O)NCC(F)(F)F)c1. The van der Waals surface area contributed by atoms with Gasteiger partial charge in [0.25, 0.3) is 0 Å². The van der Waals surface area contributed by atoms with Crippen LogP contribution in [-0.2, 0) is 10.0 Å². The predicted octanol–water partition coefficient (Wildman–Crippen LogP) is 1.58. The van der Waals surface area contributed by atoms with Crippen LogP contribution in [0.2, 0.25) is 0 Å². The molecule has 1 atom stereocenters. The molecule has 0 spiro atoms. The lowest BCUT2D eigenvalue weighted by Gasteiger charge is -2.11. The molecule has 102 valence electrons. The summed E-state index contributed by atoms with van der Waals surface area (Å²) in [5.41, 5.74) is 0.310. The zero-order chi connectivity index (χ0) is 14.0. The zero-order valence-corrected chi connectivity index (χ0v) is 10.2. The molecule has 0 heterocycles. The number of rotatable bonds is 4. The summed E-state index contributed by atoms with van der Waals surface area (Å²) >= 11 is 0. The van der Waals surface area contributed by atoms with Gasteiger partial charge in [0.05, 0.1) is 11.0 Å². The Morgan fingerprint density at radius 3 is 2.50 bits per heavy atom. The summed E-state index contributed by atoms with van der Waals surface area (Å²) in [6.07, 6.45) is -5.52. The van der Waals surface area contributed by atoms with Crippen molar-refractivity contribution in [1.29, 1.82) is 0 Å². The van der Waals surface area contributed by atoms with E-state index < -0.39 is 28.8 Å². The minimum atomic E-state index is -4.62. The van der Waals surface area contributed by atoms with E-state index in [0.29, 0.717) is 5.56 Å². The highest BCUT2D eigenvalue weighted by Gasteiger charge is 2.30. The van der Waals surface area contributed by atoms with Crippen LogP contribution in [0, 0.1) is 0 Å². The van der Waals surface area contributed by atoms with Gasteiger partial charge in [-0.2, -0.15) is 13.2 Å². The van der Waals surface area contributed by atoms with Gasteiger partial charge in [0.15, 0.2) is 0 Å². The standard InChI is InChI=1S/C10H12F3NO3S/c1-7(15)8-3-2-4-9(5-8)18(16,17)14-6-10(11,12)13/h2-5,7,14-15H,6H2,1H3. The zero-order valence-electron chi connectivity index (χ0n) is 9.40. The maximum atomic E-state index is 11.9. The molecule has 0 bridgehead atoms. The summed E-state index contributed by atoms with van der Waals surface area (Å²) in [5, 5.41) is 9.28. The number of hydrogen-bond donors (Lipinski definition) is 2. The van der Waals surface area contributed by atoms with E-state index in [-0.39, 0.29) is 4.90 Å². The molecule has 0 radical (unpaired) electrons. The lowest BCUT2D eigenvalue weighted by molar-refractivity contribution is -0.121. The fourth-order valence-electron chi connectivity index (χ4n) is 1.20. The van der Waals surface area contributed by atoms with Gasteiger partial charge in [0, 0.05) is 0 Å². The predicted molar refractivity (Wildman–Crippen MR) is 58.3 cm³/mol. The first-order valence-electron chi connectivity index (χ1n) is 4.96. The minimum absolute atomic E-state index is 0.310. The van der Waals surface area contributed by atoms with Crippen LogP contribution in [-0.4, -0.2) is 26.2 Å². The number of hydrogen-bond acceptors (Lipinski definition) is 3. The minimum Gasteiger partial charge on any atom is -0.389 e. The van der Waals surface area contributed by atoms with Crippen molar-refractivity contribution in [2.75, 3.05) is 6.54 Å². The summed E-state index contributed by atoms with van der Waals surface area (Å²) in [4.78, 5) is -0.315. The Morgan fingerprint density at radius 2 is 2.00 bits per heavy atom. The molecule has 0 aliphatic carbocycles. The third kappa shape index (κ3) is 4.28. The Morgan fingerprint density at radius 1 is 1.39 bits per heavy atom. The Kier molecular flexibility index (Phi) is 4.36. The fourth-order valence-corrected chi connectivity index (χ4v) is 2.27. The number of nitrogens with one attached hydrogen (secondary N) is 1. The molecule has 1 unspecified atom stereocenters. The van der Waals surface area contributed by atoms with Crippen LogP contribution in [0.25, 0.3) is 0 Å². The first-order valence-corrected chi connectivity index (χ1v) is 6.44. The van der Waals surface area contributed by atoms with Crippen molar-refractivity contribution < 1.29 is 26.7 Å². The topological polar surface area (TPSA) is 66.4 Å². The molecule has 18 heavy (non-hydrogen) atoms. The highest BCUT2D eigenvalue weighted by Crippen LogP contribution is 2.18. The van der Waals surface area contributed by atoms with E-state index in [9.17, 15) is 26.7 Å². The van der Waals surface area contributed by atoms with Crippen LogP contribution in [0.3, 0.4) is 0 Å². The second kappa shape index (κ2) is 5.25. The van der Waals surface area contributed by atoms with Crippen molar-refractivity contribution in [3.63, 3.8) is 0 Å². The smallest absolute Gasteiger partial charge is 0.389 e. The van der Waals surface area contributed by atoms with Gasteiger partial charge in [-0.1, -0.05) is 12.1 Å². The van der Waals surface area contributed by atoms with Crippen LogP contribution in [0.4, 0.5) is 13.2 Å². The number of aliphatic hydroxyl groups is 1. The molecule has 0 amide bonds. The normalized spacial score (nSPS) is 14.5. The molecule has 0 aromatic heterocycles. The van der Waals surface area contributed by atoms with Crippen molar-refractivity contribution in [2.24, 2.45) is 0 Å². The summed E-state index contributed by atoms with van der Waals surface area (Å²) < 4.78 is 60.4. The molecule has 0 saturated heterocycles. The molecular weight excluding hydrogens is 271 g/mol. The van der Waals surface area contributed by atoms with Crippen molar-refractivity contribution >= 4 is 10.0 Å². The van der Waals surface area contributed by atoms with Gasteiger partial charge >= 0.3 is 6.18 Å². The van der Waals surface area contributed by atoms with Crippen molar-refractivity contribution in [2.45, 2.75) is 24.1 Å². The van der Waals surface area contributed by atoms with Crippen molar-refractivity contribution in [3.05, 3.63) is 29.8 Å². The van der Waals surface area contributed by atoms with E-state index in [4.69, 9.17) is 0 Å². The summed E-state index contributed by atoms with van der Waals surface area (Å²) in [5.74, 6) is 0. The van der Waals surface area contributed by atoms with Gasteiger partial charge in [-0.3, -0.25) is 0 Å². The van der Waals surface area contributed by atoms with Gasteiger partial charge in [0.1, 0.15) is 6.54 Å². The third-order valence-electron chi connectivity index (χ3n) is 2.11. The second-order valence-corrected chi connectivity index (χ2v) is 5.46. The highest BCUT2D eigenvalue weighted by atomic mass is 32.2. The first-order chi connectivity index (χ1) is 8.12. The monoisotopic (exact) mass is 283 g/mol. The maximum Gasteiger partial charge on any atom is 0.402 e. The number of sulfonamides is 1. The lowest BCUT2D eigenvalue weighted by Crippen LogP contribution is -2.33. The molecular formula is C10H12F3NO3S. The summed E-state index contributed by atoms with van der Waals surface area (Å²) in [6, 6.07) is 5.12. The number of aliphatic hydroxyl groups excluding tert-OH is 1. The Hall–Kier alpha value is -1.12. The van der Waals surface area contributed by atoms with Gasteiger partial charge in [-0.15, -0.1) is 0 Å². The molecule has 1 aromatic carbocycles. The van der Waals surface area contributed by atoms with E-state index in [1.165, 1.54) is 23.8 Å². The van der Waals surface area contributed by atoms with Crippen LogP contribution < -0.4 is 4.72 Å². The van der Waals surface area contributed by atoms with Gasteiger partial charge in [0.2, 0.25) is 10.0 Å². The molecule has 1 rings (SSSR count). The Bertz CT molecular complexity index is 511. The summed E-state index contributed by atoms with van der Waals surface area (Å²) in [6.45, 7) is -0.205. The van der Waals surface area contributed by atoms with E-state index in [0.717, 1.165) is 12.1 Å². The number of benzene rings is 1. The number of alkyl halides is 3. The van der Waals surface area contributed by atoms with Crippen molar-refractivity contribution in [3.8, 4) is 0 Å². The van der Waals surface area contributed by atoms with Gasteiger partial charge < -0.3 is 5.11 Å². The Balaban J connectivity index is 2.95. The highest BCUT2D eigenvalue weighted by molar-refractivity contribution is 7.89. The average molecular weight is 283 g/mol.